The number of hydrogen-bond acceptors (Lipinski definition) is 4. The monoisotopic (exact) mass is 356 g/mol. The lowest BCUT2D eigenvalue weighted by atomic mass is 10.1. The van der Waals surface area contributed by atoms with Crippen LogP contribution in [0, 0.1) is 0 Å². The Morgan fingerprint density at radius 1 is 0.962 bits per heavy atom. The first kappa shape index (κ1) is 19.8. The van der Waals surface area contributed by atoms with Crippen LogP contribution in [0.1, 0.15) is 25.0 Å². The van der Waals surface area contributed by atoms with Crippen molar-refractivity contribution in [1.29, 1.82) is 0 Å². The fraction of sp³-hybridized carbons (Fsp3) is 0.381. The van der Waals surface area contributed by atoms with Crippen LogP contribution >= 0.6 is 0 Å². The molecular formula is C21H28N2O3. The number of carbonyl (C=O) groups is 1. The maximum absolute atomic E-state index is 12.0. The first-order chi connectivity index (χ1) is 12.7. The molecule has 0 aliphatic heterocycles. The van der Waals surface area contributed by atoms with Crippen LogP contribution in [0.5, 0.6) is 11.5 Å². The number of ether oxygens (including phenoxy) is 2. The van der Waals surface area contributed by atoms with Gasteiger partial charge in [0.15, 0.2) is 18.1 Å². The number of carbonyl (C=O) groups excluding carboxylic acids is 1. The summed E-state index contributed by atoms with van der Waals surface area (Å²) in [6.07, 6.45) is 0. The molecule has 0 saturated heterocycles. The molecule has 2 aromatic carbocycles. The summed E-state index contributed by atoms with van der Waals surface area (Å²) in [5.41, 5.74) is 2.35. The fourth-order valence-electron chi connectivity index (χ4n) is 2.60. The third-order valence-corrected chi connectivity index (χ3v) is 4.24. The minimum absolute atomic E-state index is 0.0413. The smallest absolute Gasteiger partial charge is 0.258 e. The Hall–Kier alpha value is -2.53. The molecule has 0 heterocycles. The second-order valence-electron chi connectivity index (χ2n) is 5.99. The highest BCUT2D eigenvalue weighted by Gasteiger charge is 2.07. The first-order valence-corrected chi connectivity index (χ1v) is 8.99. The van der Waals surface area contributed by atoms with Crippen LogP contribution < -0.4 is 14.8 Å². The van der Waals surface area contributed by atoms with Crippen LogP contribution in [-0.4, -0.2) is 37.6 Å². The molecule has 0 unspecified atom stereocenters. The molecule has 0 aliphatic rings. The van der Waals surface area contributed by atoms with Gasteiger partial charge in [0, 0.05) is 13.1 Å². The Kier molecular flexibility index (Phi) is 7.96. The number of hydrogen-bond donors (Lipinski definition) is 1. The molecule has 0 spiro atoms. The Labute approximate surface area is 155 Å². The molecule has 0 saturated carbocycles. The van der Waals surface area contributed by atoms with Crippen molar-refractivity contribution in [3.8, 4) is 11.5 Å². The van der Waals surface area contributed by atoms with Gasteiger partial charge in [0.05, 0.1) is 7.11 Å². The molecule has 26 heavy (non-hydrogen) atoms. The number of benzene rings is 2. The summed E-state index contributed by atoms with van der Waals surface area (Å²) < 4.78 is 10.7. The predicted molar refractivity (Wildman–Crippen MR) is 103 cm³/mol. The molecule has 140 valence electrons. The molecule has 0 atom stereocenters. The fourth-order valence-corrected chi connectivity index (χ4v) is 2.60. The number of amides is 1. The molecule has 5 nitrogen and oxygen atoms in total. The third-order valence-electron chi connectivity index (χ3n) is 4.24. The lowest BCUT2D eigenvalue weighted by Crippen LogP contribution is -2.28. The zero-order valence-corrected chi connectivity index (χ0v) is 15.8. The SMILES string of the molecule is CCN(CC)Cc1ccc(CNC(=O)COc2ccccc2OC)cc1. The number of nitrogens with one attached hydrogen (secondary N) is 1. The normalized spacial score (nSPS) is 10.6. The van der Waals surface area contributed by atoms with E-state index in [0.717, 1.165) is 25.2 Å². The van der Waals surface area contributed by atoms with Crippen molar-refractivity contribution in [3.05, 3.63) is 59.7 Å². The average Bonchev–Trinajstić information content (AvgIpc) is 2.69. The van der Waals surface area contributed by atoms with E-state index in [2.05, 4.69) is 48.3 Å². The van der Waals surface area contributed by atoms with Crippen LogP contribution in [0.25, 0.3) is 0 Å². The van der Waals surface area contributed by atoms with Gasteiger partial charge >= 0.3 is 0 Å². The van der Waals surface area contributed by atoms with Gasteiger partial charge in [0.25, 0.3) is 5.91 Å². The van der Waals surface area contributed by atoms with Crippen molar-refractivity contribution in [2.75, 3.05) is 26.8 Å². The van der Waals surface area contributed by atoms with Crippen molar-refractivity contribution < 1.29 is 14.3 Å². The van der Waals surface area contributed by atoms with Gasteiger partial charge in [-0.3, -0.25) is 9.69 Å². The van der Waals surface area contributed by atoms with Gasteiger partial charge in [-0.25, -0.2) is 0 Å². The van der Waals surface area contributed by atoms with Crippen molar-refractivity contribution >= 4 is 5.91 Å². The van der Waals surface area contributed by atoms with Gasteiger partial charge in [-0.2, -0.15) is 0 Å². The van der Waals surface area contributed by atoms with E-state index in [9.17, 15) is 4.79 Å². The van der Waals surface area contributed by atoms with Crippen molar-refractivity contribution in [2.24, 2.45) is 0 Å². The van der Waals surface area contributed by atoms with Gasteiger partial charge in [0.2, 0.25) is 0 Å². The lowest BCUT2D eigenvalue weighted by Gasteiger charge is -2.18. The van der Waals surface area contributed by atoms with E-state index < -0.39 is 0 Å². The Balaban J connectivity index is 1.78. The van der Waals surface area contributed by atoms with E-state index in [0.29, 0.717) is 18.0 Å². The van der Waals surface area contributed by atoms with Crippen molar-refractivity contribution in [1.82, 2.24) is 10.2 Å². The number of methoxy groups -OCH3 is 1. The first-order valence-electron chi connectivity index (χ1n) is 8.99. The quantitative estimate of drug-likeness (QED) is 0.710. The largest absolute Gasteiger partial charge is 0.493 e. The lowest BCUT2D eigenvalue weighted by molar-refractivity contribution is -0.123. The predicted octanol–water partition coefficient (Wildman–Crippen LogP) is 3.23. The zero-order valence-electron chi connectivity index (χ0n) is 15.8. The molecule has 0 aromatic heterocycles. The van der Waals surface area contributed by atoms with Gasteiger partial charge < -0.3 is 14.8 Å². The number of para-hydroxylation sites is 2. The highest BCUT2D eigenvalue weighted by atomic mass is 16.5. The van der Waals surface area contributed by atoms with Gasteiger partial charge in [-0.1, -0.05) is 50.2 Å². The second-order valence-corrected chi connectivity index (χ2v) is 5.99. The summed E-state index contributed by atoms with van der Waals surface area (Å²) in [6, 6.07) is 15.6. The van der Waals surface area contributed by atoms with E-state index in [1.165, 1.54) is 5.56 Å². The van der Waals surface area contributed by atoms with Crippen LogP contribution in [0.4, 0.5) is 0 Å². The molecule has 0 radical (unpaired) electrons. The third kappa shape index (κ3) is 6.08. The molecule has 0 fully saturated rings. The van der Waals surface area contributed by atoms with Crippen molar-refractivity contribution in [2.45, 2.75) is 26.9 Å². The molecule has 0 aliphatic carbocycles. The number of nitrogens with zero attached hydrogens (tertiary/aromatic N) is 1. The van der Waals surface area contributed by atoms with E-state index in [-0.39, 0.29) is 12.5 Å². The molecule has 2 aromatic rings. The molecule has 0 bridgehead atoms. The highest BCUT2D eigenvalue weighted by molar-refractivity contribution is 5.77. The summed E-state index contributed by atoms with van der Waals surface area (Å²) >= 11 is 0. The van der Waals surface area contributed by atoms with E-state index in [1.54, 1.807) is 19.2 Å². The molecule has 2 rings (SSSR count). The molecule has 1 N–H and O–H groups in total. The Morgan fingerprint density at radius 2 is 1.58 bits per heavy atom. The highest BCUT2D eigenvalue weighted by Crippen LogP contribution is 2.25. The maximum atomic E-state index is 12.0. The van der Waals surface area contributed by atoms with Crippen LogP contribution in [0.3, 0.4) is 0 Å². The van der Waals surface area contributed by atoms with E-state index >= 15 is 0 Å². The van der Waals surface area contributed by atoms with Gasteiger partial charge in [0.1, 0.15) is 0 Å². The minimum atomic E-state index is -0.164. The topological polar surface area (TPSA) is 50.8 Å². The van der Waals surface area contributed by atoms with Crippen LogP contribution in [0.2, 0.25) is 0 Å². The van der Waals surface area contributed by atoms with Gasteiger partial charge in [-0.15, -0.1) is 0 Å². The number of rotatable bonds is 10. The van der Waals surface area contributed by atoms with E-state index in [1.807, 2.05) is 12.1 Å². The van der Waals surface area contributed by atoms with Crippen LogP contribution in [-0.2, 0) is 17.9 Å². The van der Waals surface area contributed by atoms with Gasteiger partial charge in [-0.05, 0) is 36.3 Å². The summed E-state index contributed by atoms with van der Waals surface area (Å²) in [4.78, 5) is 14.4. The summed E-state index contributed by atoms with van der Waals surface area (Å²) in [5, 5.41) is 2.87. The summed E-state index contributed by atoms with van der Waals surface area (Å²) in [6.45, 7) is 7.81. The Bertz CT molecular complexity index is 682. The Morgan fingerprint density at radius 3 is 2.19 bits per heavy atom. The average molecular weight is 356 g/mol. The van der Waals surface area contributed by atoms with Crippen LogP contribution in [0.15, 0.2) is 48.5 Å². The zero-order chi connectivity index (χ0) is 18.8. The van der Waals surface area contributed by atoms with E-state index in [4.69, 9.17) is 9.47 Å². The molecular weight excluding hydrogens is 328 g/mol. The maximum Gasteiger partial charge on any atom is 0.258 e. The standard InChI is InChI=1S/C21H28N2O3/c1-4-23(5-2)15-18-12-10-17(11-13-18)14-22-21(24)16-26-20-9-7-6-8-19(20)25-3/h6-13H,4-5,14-16H2,1-3H3,(H,22,24). The molecule has 1 amide bonds. The van der Waals surface area contributed by atoms with Crippen molar-refractivity contribution in [3.63, 3.8) is 0 Å². The second kappa shape index (κ2) is 10.5. The minimum Gasteiger partial charge on any atom is -0.493 e. The molecule has 5 heteroatoms. The summed E-state index contributed by atoms with van der Waals surface area (Å²) in [5.74, 6) is 1.01. The summed E-state index contributed by atoms with van der Waals surface area (Å²) in [7, 11) is 1.58.